The number of hydrogen-bond acceptors (Lipinski definition) is 1. The van der Waals surface area contributed by atoms with Crippen LogP contribution < -0.4 is 4.74 Å². The Labute approximate surface area is 125 Å². The van der Waals surface area contributed by atoms with Crippen LogP contribution in [0.1, 0.15) is 5.56 Å². The number of benzene rings is 2. The fraction of sp³-hybridized carbons (Fsp3) is 0.0769. The molecule has 5 heteroatoms. The molecule has 1 nitrogen and oxygen atoms in total. The van der Waals surface area contributed by atoms with E-state index in [0.29, 0.717) is 32.4 Å². The van der Waals surface area contributed by atoms with Crippen molar-refractivity contribution in [1.29, 1.82) is 0 Å². The molecule has 2 rings (SSSR count). The van der Waals surface area contributed by atoms with Gasteiger partial charge in [0, 0.05) is 11.9 Å². The third-order valence-corrected chi connectivity index (χ3v) is 3.58. The van der Waals surface area contributed by atoms with Crippen LogP contribution in [0.5, 0.6) is 11.5 Å². The zero-order valence-corrected chi connectivity index (χ0v) is 12.1. The molecule has 0 unspecified atom stereocenters. The Morgan fingerprint density at radius 2 is 1.61 bits per heavy atom. The molecule has 0 aliphatic rings. The van der Waals surface area contributed by atoms with Gasteiger partial charge >= 0.3 is 0 Å². The first-order valence-electron chi connectivity index (χ1n) is 5.07. The minimum atomic E-state index is 0.392. The molecule has 0 radical (unpaired) electrons. The lowest BCUT2D eigenvalue weighted by molar-refractivity contribution is 0.482. The molecule has 2 aromatic rings. The topological polar surface area (TPSA) is 9.23 Å². The van der Waals surface area contributed by atoms with Gasteiger partial charge in [0.25, 0.3) is 0 Å². The Morgan fingerprint density at radius 1 is 0.889 bits per heavy atom. The second-order valence-electron chi connectivity index (χ2n) is 3.58. The van der Waals surface area contributed by atoms with Crippen molar-refractivity contribution in [2.24, 2.45) is 0 Å². The fourth-order valence-corrected chi connectivity index (χ4v) is 2.14. The van der Waals surface area contributed by atoms with Gasteiger partial charge in [-0.05, 0) is 23.8 Å². The second kappa shape index (κ2) is 6.03. The maximum atomic E-state index is 6.03. The van der Waals surface area contributed by atoms with Crippen LogP contribution in [0.2, 0.25) is 15.1 Å². The summed E-state index contributed by atoms with van der Waals surface area (Å²) in [6.45, 7) is 0. The average molecular weight is 322 g/mol. The van der Waals surface area contributed by atoms with Crippen molar-refractivity contribution >= 4 is 46.4 Å². The second-order valence-corrected chi connectivity index (χ2v) is 5.07. The minimum absolute atomic E-state index is 0.392. The lowest BCUT2D eigenvalue weighted by Gasteiger charge is -2.09. The summed E-state index contributed by atoms with van der Waals surface area (Å²) >= 11 is 23.6. The minimum Gasteiger partial charge on any atom is -0.456 e. The molecule has 0 heterocycles. The SMILES string of the molecule is ClCc1cccc(Oc2cc(Cl)c(Cl)cc2Cl)c1. The highest BCUT2D eigenvalue weighted by molar-refractivity contribution is 6.43. The Morgan fingerprint density at radius 3 is 2.33 bits per heavy atom. The van der Waals surface area contributed by atoms with Crippen LogP contribution in [0, 0.1) is 0 Å². The first-order valence-corrected chi connectivity index (χ1v) is 6.74. The van der Waals surface area contributed by atoms with Gasteiger partial charge in [-0.25, -0.2) is 0 Å². The summed E-state index contributed by atoms with van der Waals surface area (Å²) in [5, 5.41) is 1.19. The third kappa shape index (κ3) is 3.24. The lowest BCUT2D eigenvalue weighted by Crippen LogP contribution is -1.87. The monoisotopic (exact) mass is 320 g/mol. The van der Waals surface area contributed by atoms with Gasteiger partial charge in [0.1, 0.15) is 11.5 Å². The van der Waals surface area contributed by atoms with Crippen molar-refractivity contribution in [3.8, 4) is 11.5 Å². The van der Waals surface area contributed by atoms with Crippen LogP contribution in [0.4, 0.5) is 0 Å². The molecule has 2 aromatic carbocycles. The first kappa shape index (κ1) is 13.8. The molecule has 0 N–H and O–H groups in total. The zero-order valence-electron chi connectivity index (χ0n) is 9.09. The van der Waals surface area contributed by atoms with Gasteiger partial charge < -0.3 is 4.74 Å². The summed E-state index contributed by atoms with van der Waals surface area (Å²) in [5.74, 6) is 1.53. The van der Waals surface area contributed by atoms with Gasteiger partial charge in [0.05, 0.1) is 15.1 Å². The highest BCUT2D eigenvalue weighted by Gasteiger charge is 2.08. The van der Waals surface area contributed by atoms with Gasteiger partial charge in [-0.2, -0.15) is 0 Å². The molecule has 0 bridgehead atoms. The molecular formula is C13H8Cl4O. The summed E-state index contributed by atoms with van der Waals surface area (Å²) in [6, 6.07) is 10.6. The van der Waals surface area contributed by atoms with Crippen LogP contribution >= 0.6 is 46.4 Å². The van der Waals surface area contributed by atoms with E-state index in [9.17, 15) is 0 Å². The van der Waals surface area contributed by atoms with Crippen molar-refractivity contribution in [3.05, 3.63) is 57.0 Å². The van der Waals surface area contributed by atoms with Crippen molar-refractivity contribution in [2.75, 3.05) is 0 Å². The Kier molecular flexibility index (Phi) is 4.63. The zero-order chi connectivity index (χ0) is 13.1. The molecule has 0 aliphatic carbocycles. The molecule has 0 aromatic heterocycles. The summed E-state index contributed by atoms with van der Waals surface area (Å²) in [5.41, 5.74) is 0.963. The van der Waals surface area contributed by atoms with Crippen molar-refractivity contribution in [3.63, 3.8) is 0 Å². The predicted octanol–water partition coefficient (Wildman–Crippen LogP) is 6.18. The van der Waals surface area contributed by atoms with E-state index in [1.807, 2.05) is 24.3 Å². The van der Waals surface area contributed by atoms with E-state index in [4.69, 9.17) is 51.1 Å². The quantitative estimate of drug-likeness (QED) is 0.484. The molecule has 0 atom stereocenters. The first-order chi connectivity index (χ1) is 8.60. The van der Waals surface area contributed by atoms with Gasteiger partial charge in [-0.1, -0.05) is 46.9 Å². The lowest BCUT2D eigenvalue weighted by atomic mass is 10.2. The fourth-order valence-electron chi connectivity index (χ4n) is 1.40. The van der Waals surface area contributed by atoms with E-state index >= 15 is 0 Å². The van der Waals surface area contributed by atoms with E-state index in [1.54, 1.807) is 12.1 Å². The molecule has 0 spiro atoms. The van der Waals surface area contributed by atoms with Gasteiger partial charge in [-0.15, -0.1) is 11.6 Å². The van der Waals surface area contributed by atoms with Crippen LogP contribution in [0.15, 0.2) is 36.4 Å². The Bertz CT molecular complexity index is 569. The summed E-state index contributed by atoms with van der Waals surface area (Å²) in [4.78, 5) is 0. The van der Waals surface area contributed by atoms with Crippen molar-refractivity contribution in [1.82, 2.24) is 0 Å². The predicted molar refractivity (Wildman–Crippen MR) is 77.5 cm³/mol. The van der Waals surface area contributed by atoms with Crippen molar-refractivity contribution < 1.29 is 4.74 Å². The van der Waals surface area contributed by atoms with Crippen LogP contribution in [0.25, 0.3) is 0 Å². The Balaban J connectivity index is 2.30. The summed E-state index contributed by atoms with van der Waals surface area (Å²) in [7, 11) is 0. The van der Waals surface area contributed by atoms with Crippen LogP contribution in [-0.2, 0) is 5.88 Å². The number of alkyl halides is 1. The standard InChI is InChI=1S/C13H8Cl4O/c14-7-8-2-1-3-9(4-8)18-13-6-11(16)10(15)5-12(13)17/h1-6H,7H2. The highest BCUT2D eigenvalue weighted by atomic mass is 35.5. The van der Waals surface area contributed by atoms with Crippen molar-refractivity contribution in [2.45, 2.75) is 5.88 Å². The molecule has 94 valence electrons. The average Bonchev–Trinajstić information content (AvgIpc) is 2.36. The largest absolute Gasteiger partial charge is 0.456 e. The Hall–Kier alpha value is -0.600. The van der Waals surface area contributed by atoms with Gasteiger partial charge in [-0.3, -0.25) is 0 Å². The molecule has 0 saturated carbocycles. The maximum absolute atomic E-state index is 6.03. The number of halogens is 4. The normalized spacial score (nSPS) is 10.4. The summed E-state index contributed by atoms with van der Waals surface area (Å²) < 4.78 is 5.65. The number of hydrogen-bond donors (Lipinski definition) is 0. The number of rotatable bonds is 3. The molecular weight excluding hydrogens is 314 g/mol. The van der Waals surface area contributed by atoms with E-state index < -0.39 is 0 Å². The molecule has 0 fully saturated rings. The van der Waals surface area contributed by atoms with E-state index in [2.05, 4.69) is 0 Å². The van der Waals surface area contributed by atoms with Gasteiger partial charge in [0.15, 0.2) is 0 Å². The molecule has 0 aliphatic heterocycles. The van der Waals surface area contributed by atoms with Gasteiger partial charge in [0.2, 0.25) is 0 Å². The smallest absolute Gasteiger partial charge is 0.147 e. The van der Waals surface area contributed by atoms with E-state index in [-0.39, 0.29) is 0 Å². The highest BCUT2D eigenvalue weighted by Crippen LogP contribution is 2.36. The van der Waals surface area contributed by atoms with Crippen LogP contribution in [-0.4, -0.2) is 0 Å². The molecule has 0 amide bonds. The molecule has 0 saturated heterocycles. The van der Waals surface area contributed by atoms with Crippen LogP contribution in [0.3, 0.4) is 0 Å². The molecule has 18 heavy (non-hydrogen) atoms. The summed E-state index contributed by atoms with van der Waals surface area (Å²) in [6.07, 6.45) is 0. The third-order valence-electron chi connectivity index (χ3n) is 2.26. The number of ether oxygens (including phenoxy) is 1. The van der Waals surface area contributed by atoms with E-state index in [1.165, 1.54) is 0 Å². The maximum Gasteiger partial charge on any atom is 0.147 e. The van der Waals surface area contributed by atoms with E-state index in [0.717, 1.165) is 5.56 Å².